The zero-order chi connectivity index (χ0) is 20.6. The molecule has 4 rings (SSSR count). The molecular formula is C17H16F3N7O2. The first-order valence-corrected chi connectivity index (χ1v) is 8.73. The largest absolute Gasteiger partial charge is 0.467 e. The minimum absolute atomic E-state index is 0.0124. The summed E-state index contributed by atoms with van der Waals surface area (Å²) >= 11 is 0. The van der Waals surface area contributed by atoms with E-state index >= 15 is 0 Å². The Morgan fingerprint density at radius 1 is 1.31 bits per heavy atom. The van der Waals surface area contributed by atoms with Crippen molar-refractivity contribution >= 4 is 23.2 Å². The molecule has 3 aromatic rings. The first-order chi connectivity index (χ1) is 13.9. The maximum Gasteiger partial charge on any atom is 0.408 e. The van der Waals surface area contributed by atoms with Crippen molar-refractivity contribution in [1.29, 1.82) is 0 Å². The molecule has 0 aromatic carbocycles. The average molecular weight is 407 g/mol. The Hall–Kier alpha value is -3.44. The van der Waals surface area contributed by atoms with Crippen molar-refractivity contribution in [2.75, 3.05) is 23.9 Å². The fourth-order valence-electron chi connectivity index (χ4n) is 3.25. The van der Waals surface area contributed by atoms with Gasteiger partial charge in [-0.2, -0.15) is 23.3 Å². The van der Waals surface area contributed by atoms with E-state index in [0.29, 0.717) is 6.42 Å². The lowest BCUT2D eigenvalue weighted by molar-refractivity contribution is -0.146. The summed E-state index contributed by atoms with van der Waals surface area (Å²) in [5.74, 6) is -0.205. The number of carbonyl (C=O) groups excluding carboxylic acids is 1. The van der Waals surface area contributed by atoms with E-state index in [4.69, 9.17) is 4.74 Å². The van der Waals surface area contributed by atoms with Crippen molar-refractivity contribution in [3.05, 3.63) is 36.3 Å². The van der Waals surface area contributed by atoms with Gasteiger partial charge in [0.05, 0.1) is 13.3 Å². The van der Waals surface area contributed by atoms with Crippen LogP contribution >= 0.6 is 0 Å². The lowest BCUT2D eigenvalue weighted by atomic mass is 10.2. The molecule has 1 aliphatic heterocycles. The van der Waals surface area contributed by atoms with Crippen molar-refractivity contribution in [3.8, 4) is 6.01 Å². The van der Waals surface area contributed by atoms with Crippen LogP contribution in [-0.4, -0.2) is 56.3 Å². The molecule has 0 saturated carbocycles. The average Bonchev–Trinajstić information content (AvgIpc) is 3.34. The normalized spacial score (nSPS) is 17.0. The molecular weight excluding hydrogens is 391 g/mol. The van der Waals surface area contributed by atoms with E-state index in [-0.39, 0.29) is 41.8 Å². The van der Waals surface area contributed by atoms with Crippen LogP contribution in [0.4, 0.5) is 24.8 Å². The summed E-state index contributed by atoms with van der Waals surface area (Å²) < 4.78 is 46.1. The molecule has 1 saturated heterocycles. The standard InChI is InChI=1S/C17H16F3N7O2/c1-29-16-21-6-4-12(24-16)23-15(28)10-9-22-27-8-5-13(25-14(10)27)26-7-2-3-11(26)17(18,19)20/h4-6,8-9,11H,2-3,7H2,1H3,(H,21,23,24,28)/t11-/m1/s1. The second kappa shape index (κ2) is 7.18. The number of aromatic nitrogens is 5. The number of ether oxygens (including phenoxy) is 1. The molecule has 9 nitrogen and oxygen atoms in total. The van der Waals surface area contributed by atoms with Gasteiger partial charge in [0.25, 0.3) is 5.91 Å². The Morgan fingerprint density at radius 2 is 2.14 bits per heavy atom. The molecule has 0 spiro atoms. The smallest absolute Gasteiger partial charge is 0.408 e. The molecule has 3 aromatic heterocycles. The van der Waals surface area contributed by atoms with Gasteiger partial charge in [-0.1, -0.05) is 0 Å². The van der Waals surface area contributed by atoms with Crippen molar-refractivity contribution in [1.82, 2.24) is 24.6 Å². The number of alkyl halides is 3. The number of amides is 1. The molecule has 4 heterocycles. The zero-order valence-electron chi connectivity index (χ0n) is 15.2. The molecule has 1 amide bonds. The summed E-state index contributed by atoms with van der Waals surface area (Å²) in [6, 6.07) is 1.42. The molecule has 0 radical (unpaired) electrons. The van der Waals surface area contributed by atoms with Gasteiger partial charge in [-0.3, -0.25) is 4.79 Å². The molecule has 1 aliphatic rings. The number of methoxy groups -OCH3 is 1. The Bertz CT molecular complexity index is 1050. The topological polar surface area (TPSA) is 97.5 Å². The van der Waals surface area contributed by atoms with Crippen LogP contribution in [0.2, 0.25) is 0 Å². The summed E-state index contributed by atoms with van der Waals surface area (Å²) in [7, 11) is 1.39. The Morgan fingerprint density at radius 3 is 2.90 bits per heavy atom. The van der Waals surface area contributed by atoms with Crippen molar-refractivity contribution < 1.29 is 22.7 Å². The first-order valence-electron chi connectivity index (χ1n) is 8.73. The molecule has 29 heavy (non-hydrogen) atoms. The highest BCUT2D eigenvalue weighted by Crippen LogP contribution is 2.35. The zero-order valence-corrected chi connectivity index (χ0v) is 15.2. The van der Waals surface area contributed by atoms with E-state index in [2.05, 4.69) is 25.4 Å². The second-order valence-corrected chi connectivity index (χ2v) is 6.39. The van der Waals surface area contributed by atoms with Crippen LogP contribution in [0.25, 0.3) is 5.65 Å². The van der Waals surface area contributed by atoms with Gasteiger partial charge in [0.15, 0.2) is 5.65 Å². The second-order valence-electron chi connectivity index (χ2n) is 6.39. The summed E-state index contributed by atoms with van der Waals surface area (Å²) in [4.78, 5) is 26.0. The molecule has 1 N–H and O–H groups in total. The Labute approximate surface area is 162 Å². The number of halogens is 3. The van der Waals surface area contributed by atoms with E-state index in [0.717, 1.165) is 0 Å². The van der Waals surface area contributed by atoms with E-state index in [9.17, 15) is 18.0 Å². The van der Waals surface area contributed by atoms with Gasteiger partial charge >= 0.3 is 12.2 Å². The quantitative estimate of drug-likeness (QED) is 0.709. The van der Waals surface area contributed by atoms with Crippen LogP contribution in [0.15, 0.2) is 30.7 Å². The van der Waals surface area contributed by atoms with E-state index in [1.165, 1.54) is 47.2 Å². The number of hydrogen-bond donors (Lipinski definition) is 1. The minimum Gasteiger partial charge on any atom is -0.467 e. The van der Waals surface area contributed by atoms with Crippen LogP contribution in [0.5, 0.6) is 6.01 Å². The van der Waals surface area contributed by atoms with Gasteiger partial charge in [0.1, 0.15) is 23.2 Å². The lowest BCUT2D eigenvalue weighted by Gasteiger charge is -2.27. The fraction of sp³-hybridized carbons (Fsp3) is 0.353. The maximum absolute atomic E-state index is 13.3. The monoisotopic (exact) mass is 407 g/mol. The van der Waals surface area contributed by atoms with Gasteiger partial charge < -0.3 is 15.0 Å². The summed E-state index contributed by atoms with van der Waals surface area (Å²) in [6.45, 7) is 0.240. The molecule has 152 valence electrons. The third kappa shape index (κ3) is 3.65. The molecule has 0 unspecified atom stereocenters. The van der Waals surface area contributed by atoms with Crippen LogP contribution in [0, 0.1) is 0 Å². The SMILES string of the molecule is COc1nccc(NC(=O)c2cnn3ccc(N4CCC[C@@H]4C(F)(F)F)nc23)n1. The highest BCUT2D eigenvalue weighted by Gasteiger charge is 2.46. The minimum atomic E-state index is -4.35. The van der Waals surface area contributed by atoms with Gasteiger partial charge in [-0.15, -0.1) is 0 Å². The third-order valence-corrected chi connectivity index (χ3v) is 4.58. The predicted octanol–water partition coefficient (Wildman–Crippen LogP) is 2.31. The molecule has 12 heteroatoms. The number of fused-ring (bicyclic) bond motifs is 1. The molecule has 1 atom stereocenters. The Balaban J connectivity index is 1.64. The molecule has 1 fully saturated rings. The van der Waals surface area contributed by atoms with E-state index < -0.39 is 18.1 Å². The van der Waals surface area contributed by atoms with Crippen LogP contribution in [-0.2, 0) is 0 Å². The van der Waals surface area contributed by atoms with Gasteiger partial charge in [-0.05, 0) is 25.0 Å². The number of carbonyl (C=O) groups is 1. The van der Waals surface area contributed by atoms with Gasteiger partial charge in [0.2, 0.25) is 0 Å². The van der Waals surface area contributed by atoms with Gasteiger partial charge in [0, 0.05) is 18.9 Å². The van der Waals surface area contributed by atoms with Gasteiger partial charge in [-0.25, -0.2) is 14.5 Å². The lowest BCUT2D eigenvalue weighted by Crippen LogP contribution is -2.41. The van der Waals surface area contributed by atoms with Crippen LogP contribution < -0.4 is 15.0 Å². The number of nitrogens with zero attached hydrogens (tertiary/aromatic N) is 6. The third-order valence-electron chi connectivity index (χ3n) is 4.58. The summed E-state index contributed by atoms with van der Waals surface area (Å²) in [5.41, 5.74) is 0.251. The van der Waals surface area contributed by atoms with Crippen molar-refractivity contribution in [3.63, 3.8) is 0 Å². The Kier molecular flexibility index (Phi) is 4.68. The summed E-state index contributed by atoms with van der Waals surface area (Å²) in [6.07, 6.45) is 0.270. The number of hydrogen-bond acceptors (Lipinski definition) is 7. The van der Waals surface area contributed by atoms with Crippen molar-refractivity contribution in [2.24, 2.45) is 0 Å². The summed E-state index contributed by atoms with van der Waals surface area (Å²) in [5, 5.41) is 6.62. The number of nitrogens with one attached hydrogen (secondary N) is 1. The number of anilines is 2. The predicted molar refractivity (Wildman–Crippen MR) is 95.9 cm³/mol. The first kappa shape index (κ1) is 18.9. The highest BCUT2D eigenvalue weighted by atomic mass is 19.4. The fourth-order valence-corrected chi connectivity index (χ4v) is 3.25. The maximum atomic E-state index is 13.3. The number of rotatable bonds is 4. The van der Waals surface area contributed by atoms with Crippen LogP contribution in [0.1, 0.15) is 23.2 Å². The highest BCUT2D eigenvalue weighted by molar-refractivity contribution is 6.07. The molecule has 0 bridgehead atoms. The van der Waals surface area contributed by atoms with Crippen LogP contribution in [0.3, 0.4) is 0 Å². The van der Waals surface area contributed by atoms with E-state index in [1.54, 1.807) is 0 Å². The van der Waals surface area contributed by atoms with E-state index in [1.807, 2.05) is 0 Å². The molecule has 0 aliphatic carbocycles. The van der Waals surface area contributed by atoms with Crippen molar-refractivity contribution in [2.45, 2.75) is 25.1 Å².